The van der Waals surface area contributed by atoms with Crippen molar-refractivity contribution in [2.24, 2.45) is 5.92 Å². The first-order chi connectivity index (χ1) is 8.99. The molecule has 0 atom stereocenters. The Kier molecular flexibility index (Phi) is 6.36. The standard InChI is InChI=1S/C15H24N2O2/c1-12(2)11-16-14-7-5-13(6-8-14)15(18)19-10-9-17(3)4/h5-8,12,16H,9-11H2,1-4H3. The zero-order valence-electron chi connectivity index (χ0n) is 12.3. The third kappa shape index (κ3) is 6.25. The highest BCUT2D eigenvalue weighted by atomic mass is 16.5. The molecular formula is C15H24N2O2. The number of rotatable bonds is 7. The molecule has 1 rings (SSSR count). The summed E-state index contributed by atoms with van der Waals surface area (Å²) in [6, 6.07) is 7.40. The van der Waals surface area contributed by atoms with Gasteiger partial charge in [0, 0.05) is 18.8 Å². The van der Waals surface area contributed by atoms with Crippen molar-refractivity contribution in [3.63, 3.8) is 0 Å². The third-order valence-corrected chi connectivity index (χ3v) is 2.61. The van der Waals surface area contributed by atoms with Crippen LogP contribution in [-0.4, -0.2) is 44.7 Å². The molecule has 0 amide bonds. The van der Waals surface area contributed by atoms with Crippen LogP contribution in [0.1, 0.15) is 24.2 Å². The van der Waals surface area contributed by atoms with E-state index in [1.54, 1.807) is 12.1 Å². The lowest BCUT2D eigenvalue weighted by Gasteiger charge is -2.11. The van der Waals surface area contributed by atoms with Crippen LogP contribution in [0.5, 0.6) is 0 Å². The number of hydrogen-bond acceptors (Lipinski definition) is 4. The Morgan fingerprint density at radius 3 is 2.42 bits per heavy atom. The molecule has 0 saturated heterocycles. The van der Waals surface area contributed by atoms with Gasteiger partial charge in [0.2, 0.25) is 0 Å². The second kappa shape index (κ2) is 7.79. The molecule has 0 saturated carbocycles. The second-order valence-corrected chi connectivity index (χ2v) is 5.29. The number of carbonyl (C=O) groups excluding carboxylic acids is 1. The predicted octanol–water partition coefficient (Wildman–Crippen LogP) is 2.47. The number of hydrogen-bond donors (Lipinski definition) is 1. The van der Waals surface area contributed by atoms with Gasteiger partial charge in [-0.3, -0.25) is 0 Å². The minimum Gasteiger partial charge on any atom is -0.461 e. The molecular weight excluding hydrogens is 240 g/mol. The van der Waals surface area contributed by atoms with Crippen molar-refractivity contribution in [3.05, 3.63) is 29.8 Å². The van der Waals surface area contributed by atoms with E-state index in [0.29, 0.717) is 18.1 Å². The van der Waals surface area contributed by atoms with Gasteiger partial charge in [0.25, 0.3) is 0 Å². The van der Waals surface area contributed by atoms with Crippen molar-refractivity contribution in [1.29, 1.82) is 0 Å². The monoisotopic (exact) mass is 264 g/mol. The molecule has 0 aliphatic heterocycles. The summed E-state index contributed by atoms with van der Waals surface area (Å²) in [7, 11) is 3.89. The smallest absolute Gasteiger partial charge is 0.338 e. The summed E-state index contributed by atoms with van der Waals surface area (Å²) >= 11 is 0. The molecule has 0 spiro atoms. The lowest BCUT2D eigenvalue weighted by molar-refractivity contribution is 0.0482. The van der Waals surface area contributed by atoms with Crippen molar-refractivity contribution in [2.45, 2.75) is 13.8 Å². The summed E-state index contributed by atoms with van der Waals surface area (Å²) in [5.41, 5.74) is 1.62. The van der Waals surface area contributed by atoms with Gasteiger partial charge >= 0.3 is 5.97 Å². The van der Waals surface area contributed by atoms with E-state index in [1.807, 2.05) is 31.1 Å². The van der Waals surface area contributed by atoms with Gasteiger partial charge in [0.15, 0.2) is 0 Å². The molecule has 1 aromatic carbocycles. The minimum atomic E-state index is -0.266. The van der Waals surface area contributed by atoms with Crippen molar-refractivity contribution >= 4 is 11.7 Å². The van der Waals surface area contributed by atoms with Crippen LogP contribution in [-0.2, 0) is 4.74 Å². The van der Waals surface area contributed by atoms with E-state index in [0.717, 1.165) is 18.8 Å². The van der Waals surface area contributed by atoms with E-state index >= 15 is 0 Å². The molecule has 0 aliphatic carbocycles. The molecule has 1 N–H and O–H groups in total. The van der Waals surface area contributed by atoms with Crippen LogP contribution in [0.3, 0.4) is 0 Å². The van der Waals surface area contributed by atoms with Gasteiger partial charge in [0.1, 0.15) is 6.61 Å². The number of ether oxygens (including phenoxy) is 1. The maximum absolute atomic E-state index is 11.7. The van der Waals surface area contributed by atoms with Gasteiger partial charge in [-0.1, -0.05) is 13.8 Å². The maximum Gasteiger partial charge on any atom is 0.338 e. The summed E-state index contributed by atoms with van der Waals surface area (Å²) in [6.07, 6.45) is 0. The topological polar surface area (TPSA) is 41.6 Å². The van der Waals surface area contributed by atoms with E-state index < -0.39 is 0 Å². The van der Waals surface area contributed by atoms with Crippen LogP contribution in [0.4, 0.5) is 5.69 Å². The molecule has 0 aliphatic rings. The largest absolute Gasteiger partial charge is 0.461 e. The Morgan fingerprint density at radius 1 is 1.26 bits per heavy atom. The van der Waals surface area contributed by atoms with Crippen LogP contribution in [0.15, 0.2) is 24.3 Å². The van der Waals surface area contributed by atoms with E-state index in [2.05, 4.69) is 19.2 Å². The number of anilines is 1. The molecule has 0 heterocycles. The number of nitrogens with one attached hydrogen (secondary N) is 1. The SMILES string of the molecule is CC(C)CNc1ccc(C(=O)OCCN(C)C)cc1. The van der Waals surface area contributed by atoms with Gasteiger partial charge in [-0.15, -0.1) is 0 Å². The van der Waals surface area contributed by atoms with E-state index in [9.17, 15) is 4.79 Å². The molecule has 0 bridgehead atoms. The molecule has 0 radical (unpaired) electrons. The number of likely N-dealkylation sites (N-methyl/N-ethyl adjacent to an activating group) is 1. The van der Waals surface area contributed by atoms with Gasteiger partial charge < -0.3 is 15.0 Å². The molecule has 0 unspecified atom stereocenters. The maximum atomic E-state index is 11.7. The molecule has 4 heteroatoms. The molecule has 0 aromatic heterocycles. The highest BCUT2D eigenvalue weighted by molar-refractivity contribution is 5.89. The number of carbonyl (C=O) groups is 1. The summed E-state index contributed by atoms with van der Waals surface area (Å²) in [4.78, 5) is 13.7. The number of benzene rings is 1. The van der Waals surface area contributed by atoms with Crippen LogP contribution in [0.25, 0.3) is 0 Å². The van der Waals surface area contributed by atoms with Crippen molar-refractivity contribution in [2.75, 3.05) is 39.1 Å². The van der Waals surface area contributed by atoms with Crippen molar-refractivity contribution in [3.8, 4) is 0 Å². The average Bonchev–Trinajstić information content (AvgIpc) is 2.36. The first-order valence-electron chi connectivity index (χ1n) is 6.65. The zero-order valence-corrected chi connectivity index (χ0v) is 12.3. The normalized spacial score (nSPS) is 10.8. The van der Waals surface area contributed by atoms with Crippen molar-refractivity contribution in [1.82, 2.24) is 4.90 Å². The van der Waals surface area contributed by atoms with Gasteiger partial charge in [-0.05, 0) is 44.3 Å². The number of nitrogens with zero attached hydrogens (tertiary/aromatic N) is 1. The summed E-state index contributed by atoms with van der Waals surface area (Å²) < 4.78 is 5.18. The molecule has 4 nitrogen and oxygen atoms in total. The van der Waals surface area contributed by atoms with Crippen LogP contribution in [0, 0.1) is 5.92 Å². The van der Waals surface area contributed by atoms with Gasteiger partial charge in [0.05, 0.1) is 5.56 Å². The Labute approximate surface area is 115 Å². The fourth-order valence-corrected chi connectivity index (χ4v) is 1.45. The van der Waals surface area contributed by atoms with E-state index in [1.165, 1.54) is 0 Å². The lowest BCUT2D eigenvalue weighted by Crippen LogP contribution is -2.20. The van der Waals surface area contributed by atoms with E-state index in [-0.39, 0.29) is 5.97 Å². The first kappa shape index (κ1) is 15.5. The summed E-state index contributed by atoms with van der Waals surface area (Å²) in [5, 5.41) is 3.31. The van der Waals surface area contributed by atoms with Crippen LogP contribution in [0.2, 0.25) is 0 Å². The minimum absolute atomic E-state index is 0.266. The van der Waals surface area contributed by atoms with Gasteiger partial charge in [-0.25, -0.2) is 4.79 Å². The Bertz CT molecular complexity index is 386. The molecule has 1 aromatic rings. The summed E-state index contributed by atoms with van der Waals surface area (Å²) in [5.74, 6) is 0.327. The highest BCUT2D eigenvalue weighted by Gasteiger charge is 2.06. The zero-order chi connectivity index (χ0) is 14.3. The molecule has 0 fully saturated rings. The Morgan fingerprint density at radius 2 is 1.89 bits per heavy atom. The first-order valence-corrected chi connectivity index (χ1v) is 6.65. The second-order valence-electron chi connectivity index (χ2n) is 5.29. The Hall–Kier alpha value is -1.55. The van der Waals surface area contributed by atoms with Gasteiger partial charge in [-0.2, -0.15) is 0 Å². The van der Waals surface area contributed by atoms with Crippen LogP contribution >= 0.6 is 0 Å². The van der Waals surface area contributed by atoms with Crippen LogP contribution < -0.4 is 5.32 Å². The fraction of sp³-hybridized carbons (Fsp3) is 0.533. The summed E-state index contributed by atoms with van der Waals surface area (Å²) in [6.45, 7) is 6.39. The third-order valence-electron chi connectivity index (χ3n) is 2.61. The fourth-order valence-electron chi connectivity index (χ4n) is 1.45. The average molecular weight is 264 g/mol. The quantitative estimate of drug-likeness (QED) is 0.768. The number of esters is 1. The lowest BCUT2D eigenvalue weighted by atomic mass is 10.2. The highest BCUT2D eigenvalue weighted by Crippen LogP contribution is 2.11. The molecule has 19 heavy (non-hydrogen) atoms. The Balaban J connectivity index is 2.44. The molecule has 106 valence electrons. The van der Waals surface area contributed by atoms with E-state index in [4.69, 9.17) is 4.74 Å². The predicted molar refractivity (Wildman–Crippen MR) is 78.6 cm³/mol. The van der Waals surface area contributed by atoms with Crippen molar-refractivity contribution < 1.29 is 9.53 Å².